The van der Waals surface area contributed by atoms with E-state index in [1.165, 1.54) is 0 Å². The van der Waals surface area contributed by atoms with Crippen molar-refractivity contribution in [1.29, 1.82) is 0 Å². The average molecular weight is 188 g/mol. The Morgan fingerprint density at radius 3 is 2.46 bits per heavy atom. The second kappa shape index (κ2) is 4.64. The molecule has 0 aromatic heterocycles. The molecule has 1 N–H and O–H groups in total. The highest BCUT2D eigenvalue weighted by Crippen LogP contribution is 2.20. The van der Waals surface area contributed by atoms with Crippen molar-refractivity contribution < 1.29 is 14.7 Å². The van der Waals surface area contributed by atoms with Crippen LogP contribution in [0.15, 0.2) is 0 Å². The van der Waals surface area contributed by atoms with E-state index in [9.17, 15) is 14.9 Å². The van der Waals surface area contributed by atoms with Crippen LogP contribution in [0, 0.1) is 10.1 Å². The van der Waals surface area contributed by atoms with Gasteiger partial charge in [-0.15, -0.1) is 10.1 Å². The molecule has 1 amide bonds. The molecular formula is C7H12N2O4. The molecule has 0 aromatic carbocycles. The van der Waals surface area contributed by atoms with Gasteiger partial charge in [0, 0.05) is 6.04 Å². The largest absolute Gasteiger partial charge is 0.356 e. The number of hydrogen-bond donors (Lipinski definition) is 1. The Labute approximate surface area is 75.4 Å². The van der Waals surface area contributed by atoms with Gasteiger partial charge in [-0.25, -0.2) is 0 Å². The lowest BCUT2D eigenvalue weighted by Crippen LogP contribution is -2.35. The molecule has 1 fully saturated rings. The summed E-state index contributed by atoms with van der Waals surface area (Å²) in [4.78, 5) is 24.5. The number of hydrogen-bond acceptors (Lipinski definition) is 4. The zero-order valence-electron chi connectivity index (χ0n) is 7.14. The zero-order valence-corrected chi connectivity index (χ0v) is 7.14. The minimum absolute atomic E-state index is 0.157. The van der Waals surface area contributed by atoms with E-state index in [2.05, 4.69) is 10.2 Å². The molecule has 0 aromatic rings. The Hall–Kier alpha value is -1.33. The van der Waals surface area contributed by atoms with Crippen LogP contribution in [-0.4, -0.2) is 23.6 Å². The predicted octanol–water partition coefficient (Wildman–Crippen LogP) is 0.252. The fourth-order valence-corrected chi connectivity index (χ4v) is 1.55. The molecule has 13 heavy (non-hydrogen) atoms. The molecule has 1 aliphatic carbocycles. The van der Waals surface area contributed by atoms with E-state index in [1.54, 1.807) is 0 Å². The lowest BCUT2D eigenvalue weighted by molar-refractivity contribution is -0.769. The molecule has 0 radical (unpaired) electrons. The third kappa shape index (κ3) is 3.27. The molecule has 6 heteroatoms. The fraction of sp³-hybridized carbons (Fsp3) is 0.857. The van der Waals surface area contributed by atoms with Crippen LogP contribution in [-0.2, 0) is 9.63 Å². The number of amides is 1. The van der Waals surface area contributed by atoms with Crippen molar-refractivity contribution in [2.75, 3.05) is 0 Å². The summed E-state index contributed by atoms with van der Waals surface area (Å²) < 4.78 is 0. The molecule has 0 aliphatic heterocycles. The summed E-state index contributed by atoms with van der Waals surface area (Å²) in [6.07, 6.45) is 3.13. The van der Waals surface area contributed by atoms with Crippen molar-refractivity contribution >= 4 is 6.41 Å². The normalized spacial score (nSPS) is 27.7. The van der Waals surface area contributed by atoms with E-state index in [0.29, 0.717) is 19.3 Å². The molecule has 1 aliphatic rings. The first kappa shape index (κ1) is 9.76. The molecular weight excluding hydrogens is 176 g/mol. The minimum Gasteiger partial charge on any atom is -0.356 e. The highest BCUT2D eigenvalue weighted by Gasteiger charge is 2.22. The van der Waals surface area contributed by atoms with Gasteiger partial charge in [0.25, 0.3) is 5.09 Å². The molecule has 0 saturated heterocycles. The van der Waals surface area contributed by atoms with Crippen LogP contribution in [0.5, 0.6) is 0 Å². The van der Waals surface area contributed by atoms with Gasteiger partial charge in [-0.3, -0.25) is 4.79 Å². The number of rotatable bonds is 4. The third-order valence-corrected chi connectivity index (χ3v) is 2.21. The van der Waals surface area contributed by atoms with Gasteiger partial charge in [0.15, 0.2) is 0 Å². The number of nitrogens with zero attached hydrogens (tertiary/aromatic N) is 1. The van der Waals surface area contributed by atoms with E-state index in [4.69, 9.17) is 0 Å². The van der Waals surface area contributed by atoms with Crippen LogP contribution in [0.25, 0.3) is 0 Å². The summed E-state index contributed by atoms with van der Waals surface area (Å²) in [5.74, 6) is 0. The average Bonchev–Trinajstić information content (AvgIpc) is 2.08. The van der Waals surface area contributed by atoms with Crippen molar-refractivity contribution in [1.82, 2.24) is 5.32 Å². The van der Waals surface area contributed by atoms with Crippen LogP contribution in [0.3, 0.4) is 0 Å². The smallest absolute Gasteiger partial charge is 0.294 e. The molecule has 0 heterocycles. The number of nitrogens with one attached hydrogen (secondary N) is 1. The first-order valence-corrected chi connectivity index (χ1v) is 4.23. The minimum atomic E-state index is -0.752. The second-order valence-electron chi connectivity index (χ2n) is 3.09. The van der Waals surface area contributed by atoms with Gasteiger partial charge in [-0.05, 0) is 25.7 Å². The maximum absolute atomic E-state index is 10.1. The topological polar surface area (TPSA) is 81.5 Å². The number of carbonyl (C=O) groups excluding carboxylic acids is 1. The van der Waals surface area contributed by atoms with Gasteiger partial charge in [-0.2, -0.15) is 0 Å². The fourth-order valence-electron chi connectivity index (χ4n) is 1.55. The molecule has 1 rings (SSSR count). The van der Waals surface area contributed by atoms with Crippen LogP contribution in [0.2, 0.25) is 0 Å². The first-order valence-electron chi connectivity index (χ1n) is 4.23. The summed E-state index contributed by atoms with van der Waals surface area (Å²) in [7, 11) is 0. The van der Waals surface area contributed by atoms with E-state index >= 15 is 0 Å². The van der Waals surface area contributed by atoms with E-state index in [0.717, 1.165) is 12.8 Å². The van der Waals surface area contributed by atoms with Crippen molar-refractivity contribution in [3.05, 3.63) is 10.1 Å². The van der Waals surface area contributed by atoms with Crippen LogP contribution in [0.1, 0.15) is 25.7 Å². The Morgan fingerprint density at radius 1 is 1.38 bits per heavy atom. The van der Waals surface area contributed by atoms with Crippen LogP contribution < -0.4 is 5.32 Å². The zero-order chi connectivity index (χ0) is 9.68. The van der Waals surface area contributed by atoms with Crippen LogP contribution in [0.4, 0.5) is 0 Å². The first-order chi connectivity index (χ1) is 6.22. The molecule has 0 spiro atoms. The summed E-state index contributed by atoms with van der Waals surface area (Å²) >= 11 is 0. The predicted molar refractivity (Wildman–Crippen MR) is 43.3 cm³/mol. The van der Waals surface area contributed by atoms with Crippen molar-refractivity contribution in [3.8, 4) is 0 Å². The Bertz CT molecular complexity index is 189. The molecule has 0 unspecified atom stereocenters. The second-order valence-corrected chi connectivity index (χ2v) is 3.09. The molecule has 1 saturated carbocycles. The standard InChI is InChI=1S/C7H12N2O4/c10-5-8-6-1-3-7(4-2-6)13-9(11)12/h5-7H,1-4H2,(H,8,10). The molecule has 0 atom stereocenters. The van der Waals surface area contributed by atoms with Crippen molar-refractivity contribution in [3.63, 3.8) is 0 Å². The van der Waals surface area contributed by atoms with Gasteiger partial charge in [0.05, 0.1) is 0 Å². The number of carbonyl (C=O) groups is 1. The van der Waals surface area contributed by atoms with E-state index in [1.807, 2.05) is 0 Å². The van der Waals surface area contributed by atoms with E-state index in [-0.39, 0.29) is 12.1 Å². The monoisotopic (exact) mass is 188 g/mol. The van der Waals surface area contributed by atoms with Gasteiger partial charge in [-0.1, -0.05) is 0 Å². The molecule has 6 nitrogen and oxygen atoms in total. The lowest BCUT2D eigenvalue weighted by Gasteiger charge is -2.26. The lowest BCUT2D eigenvalue weighted by atomic mass is 9.93. The van der Waals surface area contributed by atoms with Gasteiger partial charge in [0.1, 0.15) is 6.10 Å². The third-order valence-electron chi connectivity index (χ3n) is 2.21. The summed E-state index contributed by atoms with van der Waals surface area (Å²) in [5.41, 5.74) is 0. The maximum atomic E-state index is 10.1. The van der Waals surface area contributed by atoms with Gasteiger partial charge in [0.2, 0.25) is 6.41 Å². The van der Waals surface area contributed by atoms with Gasteiger partial charge < -0.3 is 10.2 Å². The Morgan fingerprint density at radius 2 is 2.00 bits per heavy atom. The van der Waals surface area contributed by atoms with Crippen molar-refractivity contribution in [2.45, 2.75) is 37.8 Å². The maximum Gasteiger partial charge on any atom is 0.294 e. The van der Waals surface area contributed by atoms with Gasteiger partial charge >= 0.3 is 0 Å². The highest BCUT2D eigenvalue weighted by atomic mass is 17.0. The quantitative estimate of drug-likeness (QED) is 0.389. The van der Waals surface area contributed by atoms with E-state index < -0.39 is 5.09 Å². The summed E-state index contributed by atoms with van der Waals surface area (Å²) in [6.45, 7) is 0. The molecule has 0 bridgehead atoms. The molecule has 74 valence electrons. The Balaban J connectivity index is 2.22. The summed E-state index contributed by atoms with van der Waals surface area (Å²) in [5, 5.41) is 11.9. The van der Waals surface area contributed by atoms with Crippen molar-refractivity contribution in [2.24, 2.45) is 0 Å². The highest BCUT2D eigenvalue weighted by molar-refractivity contribution is 5.46. The Kier molecular flexibility index (Phi) is 3.48. The SMILES string of the molecule is O=CNC1CCC(O[N+](=O)[O-])CC1. The summed E-state index contributed by atoms with van der Waals surface area (Å²) in [6, 6.07) is 0.157. The van der Waals surface area contributed by atoms with Crippen LogP contribution >= 0.6 is 0 Å².